The third kappa shape index (κ3) is 3.51. The number of rotatable bonds is 5. The first-order valence-electron chi connectivity index (χ1n) is 7.17. The number of aromatic amines is 1. The zero-order valence-corrected chi connectivity index (χ0v) is 13.2. The molecular weight excluding hydrogens is 310 g/mol. The Bertz CT molecular complexity index is 876. The van der Waals surface area contributed by atoms with Gasteiger partial charge in [-0.1, -0.05) is 40.7 Å². The lowest BCUT2D eigenvalue weighted by molar-refractivity contribution is -0.127. The number of amides is 1. The Labute approximate surface area is 137 Å². The fraction of sp³-hybridized carbons (Fsp3) is 0.200. The van der Waals surface area contributed by atoms with Gasteiger partial charge in [0.1, 0.15) is 12.1 Å². The van der Waals surface area contributed by atoms with E-state index in [1.165, 1.54) is 20.3 Å². The Morgan fingerprint density at radius 1 is 1.29 bits per heavy atom. The van der Waals surface area contributed by atoms with Crippen LogP contribution in [0.4, 0.5) is 5.95 Å². The molecule has 9 nitrogen and oxygen atoms in total. The number of ether oxygens (including phenoxy) is 1. The van der Waals surface area contributed by atoms with Gasteiger partial charge in [-0.3, -0.25) is 4.79 Å². The Morgan fingerprint density at radius 3 is 2.83 bits per heavy atom. The van der Waals surface area contributed by atoms with E-state index in [1.807, 2.05) is 30.3 Å². The molecule has 1 aromatic carbocycles. The van der Waals surface area contributed by atoms with Gasteiger partial charge in [-0.05, 0) is 5.56 Å². The van der Waals surface area contributed by atoms with Crippen molar-refractivity contribution in [2.24, 2.45) is 10.3 Å². The third-order valence-electron chi connectivity index (χ3n) is 3.18. The molecule has 24 heavy (non-hydrogen) atoms. The molecule has 0 fully saturated rings. The highest BCUT2D eigenvalue weighted by Crippen LogP contribution is 2.23. The summed E-state index contributed by atoms with van der Waals surface area (Å²) in [5.41, 5.74) is 1.99. The maximum absolute atomic E-state index is 11.2. The second-order valence-electron chi connectivity index (χ2n) is 4.94. The van der Waals surface area contributed by atoms with E-state index in [2.05, 4.69) is 30.3 Å². The summed E-state index contributed by atoms with van der Waals surface area (Å²) in [4.78, 5) is 26.5. The maximum atomic E-state index is 11.2. The van der Waals surface area contributed by atoms with Crippen molar-refractivity contribution in [3.63, 3.8) is 0 Å². The van der Waals surface area contributed by atoms with Crippen molar-refractivity contribution in [2.45, 2.75) is 13.5 Å². The average molecular weight is 325 g/mol. The number of hydrogen-bond acceptors (Lipinski definition) is 7. The molecule has 0 saturated carbocycles. The van der Waals surface area contributed by atoms with Crippen LogP contribution in [-0.4, -0.2) is 37.9 Å². The number of benzene rings is 1. The van der Waals surface area contributed by atoms with E-state index in [4.69, 9.17) is 4.74 Å². The summed E-state index contributed by atoms with van der Waals surface area (Å²) in [5, 5.41) is 8.67. The first-order valence-corrected chi connectivity index (χ1v) is 7.17. The number of fused-ring (bicyclic) bond motifs is 1. The van der Waals surface area contributed by atoms with Gasteiger partial charge in [0.2, 0.25) is 11.8 Å². The Hall–Kier alpha value is -3.36. The lowest BCUT2D eigenvalue weighted by Gasteiger charge is -2.07. The van der Waals surface area contributed by atoms with Crippen LogP contribution in [0, 0.1) is 0 Å². The highest BCUT2D eigenvalue weighted by molar-refractivity contribution is 5.76. The van der Waals surface area contributed by atoms with Crippen molar-refractivity contribution in [1.29, 1.82) is 0 Å². The SMILES string of the molecule is CC(=O)N(C)/N=N/c1nc(OCc2ccccc2)c2[nH]cnc2n1. The monoisotopic (exact) mass is 325 g/mol. The molecule has 3 rings (SSSR count). The van der Waals surface area contributed by atoms with Crippen molar-refractivity contribution in [3.8, 4) is 5.88 Å². The minimum absolute atomic E-state index is 0.0609. The number of H-pyrrole nitrogens is 1. The first-order chi connectivity index (χ1) is 11.6. The van der Waals surface area contributed by atoms with Crippen molar-refractivity contribution >= 4 is 23.0 Å². The summed E-state index contributed by atoms with van der Waals surface area (Å²) in [7, 11) is 1.49. The van der Waals surface area contributed by atoms with Crippen LogP contribution < -0.4 is 4.74 Å². The molecule has 9 heteroatoms. The molecule has 0 saturated heterocycles. The topological polar surface area (TPSA) is 109 Å². The fourth-order valence-corrected chi connectivity index (χ4v) is 1.84. The van der Waals surface area contributed by atoms with E-state index in [1.54, 1.807) is 0 Å². The van der Waals surface area contributed by atoms with Gasteiger partial charge in [-0.15, -0.1) is 0 Å². The Morgan fingerprint density at radius 2 is 2.08 bits per heavy atom. The number of carbonyl (C=O) groups is 1. The van der Waals surface area contributed by atoms with Crippen LogP contribution in [0.2, 0.25) is 0 Å². The fourth-order valence-electron chi connectivity index (χ4n) is 1.84. The normalized spacial score (nSPS) is 11.1. The predicted octanol–water partition coefficient (Wildman–Crippen LogP) is 2.41. The summed E-state index contributed by atoms with van der Waals surface area (Å²) >= 11 is 0. The van der Waals surface area contributed by atoms with Gasteiger partial charge in [0.25, 0.3) is 5.95 Å². The van der Waals surface area contributed by atoms with Gasteiger partial charge in [-0.2, -0.15) is 9.97 Å². The Kier molecular flexibility index (Phi) is 4.41. The van der Waals surface area contributed by atoms with Gasteiger partial charge >= 0.3 is 0 Å². The largest absolute Gasteiger partial charge is 0.471 e. The number of nitrogens with zero attached hydrogens (tertiary/aromatic N) is 6. The van der Waals surface area contributed by atoms with E-state index in [9.17, 15) is 4.79 Å². The quantitative estimate of drug-likeness (QED) is 0.572. The lowest BCUT2D eigenvalue weighted by Crippen LogP contribution is -2.16. The van der Waals surface area contributed by atoms with Gasteiger partial charge in [-0.25, -0.2) is 9.99 Å². The number of hydrogen-bond donors (Lipinski definition) is 1. The van der Waals surface area contributed by atoms with Gasteiger partial charge in [0.15, 0.2) is 5.65 Å². The average Bonchev–Trinajstić information content (AvgIpc) is 3.07. The zero-order chi connectivity index (χ0) is 16.9. The molecule has 3 aromatic rings. The van der Waals surface area contributed by atoms with Crippen molar-refractivity contribution < 1.29 is 9.53 Å². The summed E-state index contributed by atoms with van der Waals surface area (Å²) in [5.74, 6) is 0.131. The minimum atomic E-state index is -0.250. The van der Waals surface area contributed by atoms with Crippen LogP contribution in [0.5, 0.6) is 5.88 Å². The number of carbonyl (C=O) groups excluding carboxylic acids is 1. The molecular formula is C15H15N7O2. The van der Waals surface area contributed by atoms with Crippen molar-refractivity contribution in [2.75, 3.05) is 7.05 Å². The summed E-state index contributed by atoms with van der Waals surface area (Å²) < 4.78 is 5.75. The molecule has 0 spiro atoms. The second-order valence-corrected chi connectivity index (χ2v) is 4.94. The highest BCUT2D eigenvalue weighted by Gasteiger charge is 2.11. The van der Waals surface area contributed by atoms with Crippen LogP contribution in [0.25, 0.3) is 11.2 Å². The number of nitrogens with one attached hydrogen (secondary N) is 1. The van der Waals surface area contributed by atoms with Crippen LogP contribution >= 0.6 is 0 Å². The first kappa shape index (κ1) is 15.5. The molecule has 0 radical (unpaired) electrons. The molecule has 0 aliphatic rings. The standard InChI is InChI=1S/C15H15N7O2/c1-10(23)22(2)21-20-15-18-13-12(16-9-17-13)14(19-15)24-8-11-6-4-3-5-7-11/h3-7,9H,8H2,1-2H3,(H,16,17,18,19)/b21-20+. The molecule has 0 bridgehead atoms. The van der Waals surface area contributed by atoms with Crippen molar-refractivity contribution in [3.05, 3.63) is 42.2 Å². The van der Waals surface area contributed by atoms with E-state index < -0.39 is 0 Å². The van der Waals surface area contributed by atoms with Gasteiger partial charge < -0.3 is 9.72 Å². The summed E-state index contributed by atoms with van der Waals surface area (Å²) in [6, 6.07) is 9.70. The van der Waals surface area contributed by atoms with Crippen molar-refractivity contribution in [1.82, 2.24) is 24.9 Å². The summed E-state index contributed by atoms with van der Waals surface area (Å²) in [6.45, 7) is 1.72. The smallest absolute Gasteiger partial charge is 0.276 e. The molecule has 0 aliphatic heterocycles. The molecule has 1 N–H and O–H groups in total. The van der Waals surface area contributed by atoms with Crippen LogP contribution in [0.1, 0.15) is 12.5 Å². The number of aromatic nitrogens is 4. The maximum Gasteiger partial charge on any atom is 0.276 e. The zero-order valence-electron chi connectivity index (χ0n) is 13.2. The predicted molar refractivity (Wildman–Crippen MR) is 85.4 cm³/mol. The minimum Gasteiger partial charge on any atom is -0.471 e. The van der Waals surface area contributed by atoms with E-state index in [0.717, 1.165) is 10.6 Å². The molecule has 2 heterocycles. The summed E-state index contributed by atoms with van der Waals surface area (Å²) in [6.07, 6.45) is 1.50. The van der Waals surface area contributed by atoms with Gasteiger partial charge in [0, 0.05) is 14.0 Å². The van der Waals surface area contributed by atoms with E-state index in [-0.39, 0.29) is 11.9 Å². The van der Waals surface area contributed by atoms with E-state index >= 15 is 0 Å². The molecule has 1 amide bonds. The van der Waals surface area contributed by atoms with Crippen LogP contribution in [-0.2, 0) is 11.4 Å². The Balaban J connectivity index is 1.86. The van der Waals surface area contributed by atoms with Crippen LogP contribution in [0.3, 0.4) is 0 Å². The molecule has 122 valence electrons. The third-order valence-corrected chi connectivity index (χ3v) is 3.18. The number of imidazole rings is 1. The molecule has 0 aliphatic carbocycles. The molecule has 0 atom stereocenters. The molecule has 2 aromatic heterocycles. The van der Waals surface area contributed by atoms with Crippen LogP contribution in [0.15, 0.2) is 47.0 Å². The van der Waals surface area contributed by atoms with Gasteiger partial charge in [0.05, 0.1) is 6.33 Å². The highest BCUT2D eigenvalue weighted by atomic mass is 16.5. The second kappa shape index (κ2) is 6.82. The van der Waals surface area contributed by atoms with E-state index in [0.29, 0.717) is 23.7 Å². The molecule has 0 unspecified atom stereocenters. The lowest BCUT2D eigenvalue weighted by atomic mass is 10.2.